The molecule has 0 aliphatic carbocycles. The SMILES string of the molecule is CC#CC(=O)N(C)Cc1cnc(-n2cccn2)s1. The molecule has 0 saturated carbocycles. The molecule has 0 aliphatic rings. The molecule has 2 rings (SSSR count). The molecule has 0 fully saturated rings. The maximum Gasteiger partial charge on any atom is 0.298 e. The molecule has 6 heteroatoms. The van der Waals surface area contributed by atoms with E-state index >= 15 is 0 Å². The van der Waals surface area contributed by atoms with Crippen LogP contribution in [0.25, 0.3) is 5.13 Å². The highest BCUT2D eigenvalue weighted by Crippen LogP contribution is 2.17. The summed E-state index contributed by atoms with van der Waals surface area (Å²) in [4.78, 5) is 18.3. The van der Waals surface area contributed by atoms with Crippen molar-refractivity contribution in [2.45, 2.75) is 13.5 Å². The van der Waals surface area contributed by atoms with Crippen molar-refractivity contribution in [1.29, 1.82) is 0 Å². The van der Waals surface area contributed by atoms with Gasteiger partial charge >= 0.3 is 0 Å². The zero-order valence-electron chi connectivity index (χ0n) is 10.1. The largest absolute Gasteiger partial charge is 0.330 e. The van der Waals surface area contributed by atoms with E-state index in [0.717, 1.165) is 10.0 Å². The number of hydrogen-bond donors (Lipinski definition) is 0. The molecule has 0 spiro atoms. The van der Waals surface area contributed by atoms with E-state index in [9.17, 15) is 4.79 Å². The van der Waals surface area contributed by atoms with E-state index in [1.54, 1.807) is 35.9 Å². The lowest BCUT2D eigenvalue weighted by molar-refractivity contribution is -0.124. The number of carbonyl (C=O) groups is 1. The van der Waals surface area contributed by atoms with Crippen LogP contribution in [0.3, 0.4) is 0 Å². The topological polar surface area (TPSA) is 51.0 Å². The lowest BCUT2D eigenvalue weighted by Crippen LogP contribution is -2.24. The molecule has 0 radical (unpaired) electrons. The van der Waals surface area contributed by atoms with Crippen molar-refractivity contribution in [3.8, 4) is 17.0 Å². The van der Waals surface area contributed by atoms with Gasteiger partial charge in [0.15, 0.2) is 0 Å². The maximum absolute atomic E-state index is 11.5. The highest BCUT2D eigenvalue weighted by atomic mass is 32.1. The van der Waals surface area contributed by atoms with Crippen molar-refractivity contribution in [3.05, 3.63) is 29.5 Å². The second kappa shape index (κ2) is 5.47. The number of aromatic nitrogens is 3. The Balaban J connectivity index is 2.07. The molecule has 1 amide bonds. The number of amides is 1. The molecule has 5 nitrogen and oxygen atoms in total. The first-order chi connectivity index (χ1) is 8.70. The number of nitrogens with zero attached hydrogens (tertiary/aromatic N) is 4. The summed E-state index contributed by atoms with van der Waals surface area (Å²) in [6.45, 7) is 2.15. The minimum absolute atomic E-state index is 0.188. The molecule has 2 aromatic heterocycles. The molecule has 18 heavy (non-hydrogen) atoms. The normalized spacial score (nSPS) is 9.67. The van der Waals surface area contributed by atoms with Crippen molar-refractivity contribution in [2.75, 3.05) is 7.05 Å². The van der Waals surface area contributed by atoms with Crippen molar-refractivity contribution in [3.63, 3.8) is 0 Å². The van der Waals surface area contributed by atoms with Gasteiger partial charge in [0.2, 0.25) is 5.13 Å². The Hall–Kier alpha value is -2.13. The average molecular weight is 260 g/mol. The monoisotopic (exact) mass is 260 g/mol. The highest BCUT2D eigenvalue weighted by Gasteiger charge is 2.09. The minimum Gasteiger partial charge on any atom is -0.330 e. The number of thiazole rings is 1. The Morgan fingerprint density at radius 3 is 3.11 bits per heavy atom. The molecule has 0 bridgehead atoms. The van der Waals surface area contributed by atoms with Crippen LogP contribution < -0.4 is 0 Å². The molecule has 0 atom stereocenters. The third kappa shape index (κ3) is 2.76. The second-order valence-corrected chi connectivity index (χ2v) is 4.69. The number of hydrogen-bond acceptors (Lipinski definition) is 4. The predicted octanol–water partition coefficient (Wildman–Crippen LogP) is 1.31. The summed E-state index contributed by atoms with van der Waals surface area (Å²) in [7, 11) is 1.72. The second-order valence-electron chi connectivity index (χ2n) is 3.60. The van der Waals surface area contributed by atoms with Gasteiger partial charge in [-0.15, -0.1) is 0 Å². The summed E-state index contributed by atoms with van der Waals surface area (Å²) in [6, 6.07) is 1.84. The van der Waals surface area contributed by atoms with Gasteiger partial charge in [-0.25, -0.2) is 9.67 Å². The fourth-order valence-electron chi connectivity index (χ4n) is 1.37. The van der Waals surface area contributed by atoms with E-state index in [4.69, 9.17) is 0 Å². The molecular formula is C12H12N4OS. The summed E-state index contributed by atoms with van der Waals surface area (Å²) in [5.41, 5.74) is 0. The van der Waals surface area contributed by atoms with Gasteiger partial charge in [-0.05, 0) is 18.9 Å². The van der Waals surface area contributed by atoms with E-state index in [1.165, 1.54) is 11.3 Å². The van der Waals surface area contributed by atoms with E-state index in [0.29, 0.717) is 6.54 Å². The first kappa shape index (κ1) is 12.3. The minimum atomic E-state index is -0.188. The van der Waals surface area contributed by atoms with Crippen LogP contribution in [0.15, 0.2) is 24.7 Å². The lowest BCUT2D eigenvalue weighted by atomic mass is 10.4. The fourth-order valence-corrected chi connectivity index (χ4v) is 2.27. The van der Waals surface area contributed by atoms with Crippen LogP contribution in [0.5, 0.6) is 0 Å². The summed E-state index contributed by atoms with van der Waals surface area (Å²) < 4.78 is 1.70. The van der Waals surface area contributed by atoms with Crippen LogP contribution in [0.4, 0.5) is 0 Å². The standard InChI is InChI=1S/C12H12N4OS/c1-3-5-11(17)15(2)9-10-8-13-12(18-10)16-7-4-6-14-16/h4,6-8H,9H2,1-2H3. The summed E-state index contributed by atoms with van der Waals surface area (Å²) in [6.07, 6.45) is 5.29. The lowest BCUT2D eigenvalue weighted by Gasteiger charge is -2.11. The molecule has 0 aliphatic heterocycles. The van der Waals surface area contributed by atoms with Crippen LogP contribution in [-0.4, -0.2) is 32.6 Å². The Morgan fingerprint density at radius 1 is 1.61 bits per heavy atom. The van der Waals surface area contributed by atoms with Crippen molar-refractivity contribution in [2.24, 2.45) is 0 Å². The third-order valence-corrected chi connectivity index (χ3v) is 3.19. The average Bonchev–Trinajstić information content (AvgIpc) is 2.98. The highest BCUT2D eigenvalue weighted by molar-refractivity contribution is 7.14. The molecule has 2 aromatic rings. The van der Waals surface area contributed by atoms with Gasteiger partial charge in [0.05, 0.1) is 6.54 Å². The zero-order valence-corrected chi connectivity index (χ0v) is 10.9. The zero-order chi connectivity index (χ0) is 13.0. The predicted molar refractivity (Wildman–Crippen MR) is 69.2 cm³/mol. The molecule has 0 saturated heterocycles. The van der Waals surface area contributed by atoms with Crippen molar-refractivity contribution < 1.29 is 4.79 Å². The molecule has 92 valence electrons. The van der Waals surface area contributed by atoms with Crippen molar-refractivity contribution >= 4 is 17.2 Å². The number of rotatable bonds is 3. The van der Waals surface area contributed by atoms with E-state index in [1.807, 2.05) is 12.3 Å². The maximum atomic E-state index is 11.5. The van der Waals surface area contributed by atoms with Crippen LogP contribution in [0.1, 0.15) is 11.8 Å². The van der Waals surface area contributed by atoms with Gasteiger partial charge in [-0.2, -0.15) is 5.10 Å². The summed E-state index contributed by atoms with van der Waals surface area (Å²) in [5.74, 6) is 4.91. The molecule has 0 N–H and O–H groups in total. The van der Waals surface area contributed by atoms with Gasteiger partial charge in [-0.3, -0.25) is 4.79 Å². The van der Waals surface area contributed by atoms with Crippen LogP contribution in [-0.2, 0) is 11.3 Å². The summed E-state index contributed by atoms with van der Waals surface area (Å²) >= 11 is 1.50. The first-order valence-electron chi connectivity index (χ1n) is 5.33. The fraction of sp³-hybridized carbons (Fsp3) is 0.250. The molecular weight excluding hydrogens is 248 g/mol. The number of carbonyl (C=O) groups excluding carboxylic acids is 1. The molecule has 0 aromatic carbocycles. The Labute approximate surface area is 109 Å². The van der Waals surface area contributed by atoms with Crippen LogP contribution in [0.2, 0.25) is 0 Å². The third-order valence-electron chi connectivity index (χ3n) is 2.21. The van der Waals surface area contributed by atoms with Crippen LogP contribution in [0, 0.1) is 11.8 Å². The smallest absolute Gasteiger partial charge is 0.298 e. The van der Waals surface area contributed by atoms with Crippen molar-refractivity contribution in [1.82, 2.24) is 19.7 Å². The van der Waals surface area contributed by atoms with E-state index in [-0.39, 0.29) is 5.91 Å². The van der Waals surface area contributed by atoms with Crippen LogP contribution >= 0.6 is 11.3 Å². The van der Waals surface area contributed by atoms with Gasteiger partial charge in [0.1, 0.15) is 0 Å². The molecule has 0 unspecified atom stereocenters. The first-order valence-corrected chi connectivity index (χ1v) is 6.15. The Morgan fingerprint density at radius 2 is 2.44 bits per heavy atom. The Bertz CT molecular complexity index is 591. The van der Waals surface area contributed by atoms with Gasteiger partial charge in [0, 0.05) is 30.5 Å². The van der Waals surface area contributed by atoms with E-state index in [2.05, 4.69) is 21.9 Å². The van der Waals surface area contributed by atoms with Gasteiger partial charge in [0.25, 0.3) is 5.91 Å². The van der Waals surface area contributed by atoms with Gasteiger partial charge in [-0.1, -0.05) is 17.3 Å². The molecule has 2 heterocycles. The summed E-state index contributed by atoms with van der Waals surface area (Å²) in [5, 5.41) is 4.89. The van der Waals surface area contributed by atoms with E-state index < -0.39 is 0 Å². The Kier molecular flexibility index (Phi) is 3.75. The quantitative estimate of drug-likeness (QED) is 0.782. The van der Waals surface area contributed by atoms with Gasteiger partial charge < -0.3 is 4.90 Å².